The molecule has 3 aliphatic rings. The van der Waals surface area contributed by atoms with Crippen LogP contribution >= 0.6 is 11.8 Å². The monoisotopic (exact) mass is 312 g/mol. The van der Waals surface area contributed by atoms with E-state index in [0.29, 0.717) is 0 Å². The molecule has 118 valence electrons. The van der Waals surface area contributed by atoms with Crippen LogP contribution in [0, 0.1) is 0 Å². The molecule has 0 radical (unpaired) electrons. The lowest BCUT2D eigenvalue weighted by Crippen LogP contribution is -2.28. The van der Waals surface area contributed by atoms with Crippen LogP contribution in [0.3, 0.4) is 0 Å². The summed E-state index contributed by atoms with van der Waals surface area (Å²) in [6, 6.07) is 0. The number of rotatable bonds is 4. The van der Waals surface area contributed by atoms with Gasteiger partial charge in [0.15, 0.2) is 0 Å². The Morgan fingerprint density at radius 1 is 0.667 bits per heavy atom. The van der Waals surface area contributed by atoms with Crippen molar-refractivity contribution in [2.45, 2.75) is 86.9 Å². The quantitative estimate of drug-likeness (QED) is 0.589. The predicted molar refractivity (Wildman–Crippen MR) is 81.1 cm³/mol. The molecule has 3 rings (SSSR count). The van der Waals surface area contributed by atoms with Gasteiger partial charge in [-0.25, -0.2) is 0 Å². The molecule has 0 amide bonds. The summed E-state index contributed by atoms with van der Waals surface area (Å²) in [6.07, 6.45) is 11.1. The molecule has 0 spiro atoms. The summed E-state index contributed by atoms with van der Waals surface area (Å²) in [6.45, 7) is 0. The van der Waals surface area contributed by atoms with Gasteiger partial charge < -0.3 is 9.47 Å². The maximum atomic E-state index is 12.0. The topological polar surface area (TPSA) is 52.6 Å². The first kappa shape index (κ1) is 15.2. The van der Waals surface area contributed by atoms with Gasteiger partial charge in [-0.05, 0) is 51.4 Å². The maximum Gasteiger partial charge on any atom is 0.321 e. The highest BCUT2D eigenvalue weighted by Gasteiger charge is 2.52. The SMILES string of the molecule is O=C(OC1CCCCC1)C1SC1C(=O)OC1CCCCC1. The van der Waals surface area contributed by atoms with Gasteiger partial charge in [0.25, 0.3) is 0 Å². The average Bonchev–Trinajstić information content (AvgIpc) is 3.30. The molecule has 1 saturated heterocycles. The third-order valence-electron chi connectivity index (χ3n) is 4.63. The lowest BCUT2D eigenvalue weighted by molar-refractivity contribution is -0.154. The normalized spacial score (nSPS) is 30.7. The Morgan fingerprint density at radius 3 is 1.43 bits per heavy atom. The van der Waals surface area contributed by atoms with Crippen molar-refractivity contribution in [3.63, 3.8) is 0 Å². The van der Waals surface area contributed by atoms with E-state index in [4.69, 9.17) is 9.47 Å². The van der Waals surface area contributed by atoms with Crippen molar-refractivity contribution in [2.75, 3.05) is 0 Å². The molecule has 0 aromatic carbocycles. The van der Waals surface area contributed by atoms with Crippen LogP contribution in [0.5, 0.6) is 0 Å². The number of esters is 2. The zero-order valence-electron chi connectivity index (χ0n) is 12.4. The summed E-state index contributed by atoms with van der Waals surface area (Å²) in [5.41, 5.74) is 0. The van der Waals surface area contributed by atoms with E-state index in [2.05, 4.69) is 0 Å². The molecule has 2 aliphatic carbocycles. The molecule has 2 saturated carbocycles. The van der Waals surface area contributed by atoms with Crippen LogP contribution in [0.25, 0.3) is 0 Å². The van der Waals surface area contributed by atoms with Crippen molar-refractivity contribution in [1.29, 1.82) is 0 Å². The summed E-state index contributed by atoms with van der Waals surface area (Å²) in [5, 5.41) is -0.633. The van der Waals surface area contributed by atoms with E-state index in [1.165, 1.54) is 24.6 Å². The molecule has 1 heterocycles. The van der Waals surface area contributed by atoms with Gasteiger partial charge in [0.2, 0.25) is 0 Å². The Labute approximate surface area is 130 Å². The Balaban J connectivity index is 1.40. The summed E-state index contributed by atoms with van der Waals surface area (Å²) >= 11 is 1.38. The second-order valence-corrected chi connectivity index (χ2v) is 7.66. The van der Waals surface area contributed by atoms with Gasteiger partial charge in [-0.1, -0.05) is 12.8 Å². The lowest BCUT2D eigenvalue weighted by atomic mass is 9.98. The van der Waals surface area contributed by atoms with Crippen LogP contribution in [-0.4, -0.2) is 34.6 Å². The summed E-state index contributed by atoms with van der Waals surface area (Å²) in [7, 11) is 0. The van der Waals surface area contributed by atoms with Crippen molar-refractivity contribution < 1.29 is 19.1 Å². The first-order valence-corrected chi connectivity index (χ1v) is 9.25. The molecule has 2 atom stereocenters. The largest absolute Gasteiger partial charge is 0.462 e. The lowest BCUT2D eigenvalue weighted by Gasteiger charge is -2.22. The van der Waals surface area contributed by atoms with Crippen LogP contribution in [0.15, 0.2) is 0 Å². The molecule has 0 N–H and O–H groups in total. The van der Waals surface area contributed by atoms with Crippen molar-refractivity contribution in [2.24, 2.45) is 0 Å². The molecule has 3 fully saturated rings. The predicted octanol–water partition coefficient (Wildman–Crippen LogP) is 3.22. The second-order valence-electron chi connectivity index (χ2n) is 6.37. The molecule has 1 aliphatic heterocycles. The number of carbonyl (C=O) groups excluding carboxylic acids is 2. The van der Waals surface area contributed by atoms with E-state index in [-0.39, 0.29) is 34.6 Å². The number of ether oxygens (including phenoxy) is 2. The fourth-order valence-electron chi connectivity index (χ4n) is 3.30. The number of carbonyl (C=O) groups is 2. The molecule has 5 heteroatoms. The van der Waals surface area contributed by atoms with Gasteiger partial charge in [0.05, 0.1) is 0 Å². The zero-order chi connectivity index (χ0) is 14.7. The first-order valence-electron chi connectivity index (χ1n) is 8.30. The Kier molecular flexibility index (Phi) is 5.09. The number of hydrogen-bond acceptors (Lipinski definition) is 5. The van der Waals surface area contributed by atoms with Crippen LogP contribution in [0.2, 0.25) is 0 Å². The van der Waals surface area contributed by atoms with Gasteiger partial charge in [0.1, 0.15) is 22.7 Å². The number of hydrogen-bond donors (Lipinski definition) is 0. The molecular formula is C16H24O4S. The summed E-state index contributed by atoms with van der Waals surface area (Å²) in [5.74, 6) is -0.421. The molecule has 4 nitrogen and oxygen atoms in total. The molecule has 21 heavy (non-hydrogen) atoms. The van der Waals surface area contributed by atoms with Gasteiger partial charge >= 0.3 is 11.9 Å². The van der Waals surface area contributed by atoms with E-state index in [1.54, 1.807) is 0 Å². The van der Waals surface area contributed by atoms with Crippen molar-refractivity contribution in [1.82, 2.24) is 0 Å². The summed E-state index contributed by atoms with van der Waals surface area (Å²) < 4.78 is 11.0. The van der Waals surface area contributed by atoms with E-state index in [9.17, 15) is 9.59 Å². The third-order valence-corrected chi connectivity index (χ3v) is 5.83. The van der Waals surface area contributed by atoms with Gasteiger partial charge in [0, 0.05) is 0 Å². The Hall–Kier alpha value is -0.710. The molecule has 0 aromatic rings. The van der Waals surface area contributed by atoms with Gasteiger partial charge in [-0.15, -0.1) is 11.8 Å². The first-order chi connectivity index (χ1) is 10.2. The fourth-order valence-corrected chi connectivity index (χ4v) is 4.08. The van der Waals surface area contributed by atoms with Crippen LogP contribution < -0.4 is 0 Å². The van der Waals surface area contributed by atoms with E-state index in [1.807, 2.05) is 0 Å². The van der Waals surface area contributed by atoms with E-state index >= 15 is 0 Å². The van der Waals surface area contributed by atoms with E-state index < -0.39 is 0 Å². The Bertz CT molecular complexity index is 350. The highest BCUT2D eigenvalue weighted by molar-refractivity contribution is 8.09. The third kappa shape index (κ3) is 4.15. The minimum absolute atomic E-state index is 0.0717. The average molecular weight is 312 g/mol. The minimum atomic E-state index is -0.317. The van der Waals surface area contributed by atoms with Gasteiger partial charge in [-0.2, -0.15) is 0 Å². The van der Waals surface area contributed by atoms with Crippen molar-refractivity contribution in [3.8, 4) is 0 Å². The van der Waals surface area contributed by atoms with Gasteiger partial charge in [-0.3, -0.25) is 9.59 Å². The highest BCUT2D eigenvalue weighted by Crippen LogP contribution is 2.44. The molecule has 2 unspecified atom stereocenters. The van der Waals surface area contributed by atoms with Crippen LogP contribution in [0.1, 0.15) is 64.2 Å². The Morgan fingerprint density at radius 2 is 1.05 bits per heavy atom. The zero-order valence-corrected chi connectivity index (χ0v) is 13.2. The minimum Gasteiger partial charge on any atom is -0.462 e. The molecule has 0 bridgehead atoms. The standard InChI is InChI=1S/C16H24O4S/c17-15(19-11-7-3-1-4-8-11)13-14(21-13)16(18)20-12-9-5-2-6-10-12/h11-14H,1-10H2. The van der Waals surface area contributed by atoms with E-state index in [0.717, 1.165) is 51.4 Å². The van der Waals surface area contributed by atoms with Crippen LogP contribution in [0.4, 0.5) is 0 Å². The smallest absolute Gasteiger partial charge is 0.321 e. The number of thioether (sulfide) groups is 1. The maximum absolute atomic E-state index is 12.0. The van der Waals surface area contributed by atoms with Crippen molar-refractivity contribution >= 4 is 23.7 Å². The highest BCUT2D eigenvalue weighted by atomic mass is 32.2. The molecule has 0 aromatic heterocycles. The summed E-state index contributed by atoms with van der Waals surface area (Å²) in [4.78, 5) is 24.1. The van der Waals surface area contributed by atoms with Crippen LogP contribution in [-0.2, 0) is 19.1 Å². The van der Waals surface area contributed by atoms with Crippen molar-refractivity contribution in [3.05, 3.63) is 0 Å². The second kappa shape index (κ2) is 7.03. The fraction of sp³-hybridized carbons (Fsp3) is 0.875. The molecular weight excluding hydrogens is 288 g/mol.